The Balaban J connectivity index is 3.40. The molecule has 1 radical (unpaired) electrons. The summed E-state index contributed by atoms with van der Waals surface area (Å²) in [6.45, 7) is 6.95. The molecule has 0 aliphatic carbocycles. The Morgan fingerprint density at radius 3 is 2.20 bits per heavy atom. The second-order valence-corrected chi connectivity index (χ2v) is 3.92. The predicted molar refractivity (Wildman–Crippen MR) is 63.5 cm³/mol. The molecule has 89 valence electrons. The van der Waals surface area contributed by atoms with Gasteiger partial charge in [-0.2, -0.15) is 0 Å². The summed E-state index contributed by atoms with van der Waals surface area (Å²) in [6, 6.07) is 0. The summed E-state index contributed by atoms with van der Waals surface area (Å²) in [7, 11) is 0. The molecule has 2 heteroatoms. The summed E-state index contributed by atoms with van der Waals surface area (Å²) in [5.74, 6) is 1.23. The summed E-state index contributed by atoms with van der Waals surface area (Å²) in [5, 5.41) is 0. The van der Waals surface area contributed by atoms with Crippen molar-refractivity contribution < 1.29 is 9.53 Å². The largest absolute Gasteiger partial charge is 0.466 e. The summed E-state index contributed by atoms with van der Waals surface area (Å²) in [4.78, 5) is 11.4. The number of rotatable bonds is 9. The Labute approximate surface area is 94.4 Å². The Hall–Kier alpha value is -0.530. The van der Waals surface area contributed by atoms with Crippen LogP contribution in [0.4, 0.5) is 0 Å². The minimum Gasteiger partial charge on any atom is -0.466 e. The van der Waals surface area contributed by atoms with Crippen LogP contribution in [0.15, 0.2) is 0 Å². The molecular weight excluding hydrogens is 188 g/mol. The third-order valence-corrected chi connectivity index (χ3v) is 2.66. The van der Waals surface area contributed by atoms with E-state index in [-0.39, 0.29) is 5.97 Å². The monoisotopic (exact) mass is 213 g/mol. The van der Waals surface area contributed by atoms with Gasteiger partial charge in [0.05, 0.1) is 13.0 Å². The standard InChI is InChI=1S/C13H25O2/c1-4-7-8-9-10-15-13(14)11-12(5-2)6-3/h4-11H2,1-3H3. The van der Waals surface area contributed by atoms with Crippen LogP contribution in [0.1, 0.15) is 65.7 Å². The van der Waals surface area contributed by atoms with Crippen LogP contribution in [0.5, 0.6) is 0 Å². The number of carbonyl (C=O) groups excluding carboxylic acids is 1. The number of ether oxygens (including phenoxy) is 1. The van der Waals surface area contributed by atoms with Crippen molar-refractivity contribution in [2.75, 3.05) is 6.61 Å². The van der Waals surface area contributed by atoms with E-state index in [1.165, 1.54) is 25.2 Å². The van der Waals surface area contributed by atoms with E-state index < -0.39 is 0 Å². The van der Waals surface area contributed by atoms with Crippen LogP contribution >= 0.6 is 0 Å². The molecule has 0 saturated carbocycles. The zero-order chi connectivity index (χ0) is 11.5. The first kappa shape index (κ1) is 14.5. The maximum atomic E-state index is 11.4. The maximum Gasteiger partial charge on any atom is 0.306 e. The lowest BCUT2D eigenvalue weighted by atomic mass is 10.00. The van der Waals surface area contributed by atoms with Gasteiger partial charge in [0.15, 0.2) is 0 Å². The van der Waals surface area contributed by atoms with Crippen molar-refractivity contribution in [3.05, 3.63) is 5.92 Å². The fraction of sp³-hybridized carbons (Fsp3) is 0.846. The molecule has 0 aromatic rings. The van der Waals surface area contributed by atoms with Crippen molar-refractivity contribution in [3.8, 4) is 0 Å². The Morgan fingerprint density at radius 2 is 1.67 bits per heavy atom. The van der Waals surface area contributed by atoms with Crippen LogP contribution in [0, 0.1) is 5.92 Å². The van der Waals surface area contributed by atoms with Crippen LogP contribution in [0.25, 0.3) is 0 Å². The molecule has 0 saturated heterocycles. The molecule has 0 aromatic heterocycles. The average Bonchev–Trinajstić information content (AvgIpc) is 2.25. The molecule has 15 heavy (non-hydrogen) atoms. The molecule has 0 aromatic carbocycles. The molecule has 0 fully saturated rings. The smallest absolute Gasteiger partial charge is 0.306 e. The molecule has 0 unspecified atom stereocenters. The lowest BCUT2D eigenvalue weighted by Crippen LogP contribution is -2.10. The minimum absolute atomic E-state index is 0.0507. The number of hydrogen-bond donors (Lipinski definition) is 0. The molecule has 0 heterocycles. The highest BCUT2D eigenvalue weighted by molar-refractivity contribution is 5.71. The Morgan fingerprint density at radius 1 is 1.00 bits per heavy atom. The average molecular weight is 213 g/mol. The number of unbranched alkanes of at least 4 members (excludes halogenated alkanes) is 3. The topological polar surface area (TPSA) is 26.3 Å². The van der Waals surface area contributed by atoms with E-state index in [1.807, 2.05) is 0 Å². The third-order valence-electron chi connectivity index (χ3n) is 2.66. The normalized spacial score (nSPS) is 10.7. The molecule has 0 bridgehead atoms. The van der Waals surface area contributed by atoms with Gasteiger partial charge in [0.25, 0.3) is 0 Å². The second kappa shape index (κ2) is 10.0. The van der Waals surface area contributed by atoms with Gasteiger partial charge in [0.1, 0.15) is 0 Å². The SMILES string of the molecule is CCCCCCOC(=O)C[C](CC)CC. The molecule has 0 aliphatic rings. The number of esters is 1. The van der Waals surface area contributed by atoms with E-state index in [2.05, 4.69) is 20.8 Å². The highest BCUT2D eigenvalue weighted by Gasteiger charge is 2.11. The van der Waals surface area contributed by atoms with Crippen LogP contribution in [-0.2, 0) is 9.53 Å². The van der Waals surface area contributed by atoms with E-state index in [0.717, 1.165) is 19.3 Å². The van der Waals surface area contributed by atoms with Crippen LogP contribution < -0.4 is 0 Å². The molecular formula is C13H25O2. The molecule has 0 atom stereocenters. The van der Waals surface area contributed by atoms with Gasteiger partial charge in [-0.3, -0.25) is 4.79 Å². The summed E-state index contributed by atoms with van der Waals surface area (Å²) >= 11 is 0. The van der Waals surface area contributed by atoms with Gasteiger partial charge >= 0.3 is 5.97 Å². The van der Waals surface area contributed by atoms with Gasteiger partial charge in [-0.1, -0.05) is 40.0 Å². The van der Waals surface area contributed by atoms with Crippen LogP contribution in [0.2, 0.25) is 0 Å². The van der Waals surface area contributed by atoms with E-state index in [0.29, 0.717) is 13.0 Å². The van der Waals surface area contributed by atoms with Crippen molar-refractivity contribution in [3.63, 3.8) is 0 Å². The van der Waals surface area contributed by atoms with Gasteiger partial charge in [-0.15, -0.1) is 0 Å². The summed E-state index contributed by atoms with van der Waals surface area (Å²) < 4.78 is 5.16. The fourth-order valence-corrected chi connectivity index (χ4v) is 1.47. The van der Waals surface area contributed by atoms with E-state index in [9.17, 15) is 4.79 Å². The highest BCUT2D eigenvalue weighted by atomic mass is 16.5. The lowest BCUT2D eigenvalue weighted by molar-refractivity contribution is -0.143. The zero-order valence-electron chi connectivity index (χ0n) is 10.5. The molecule has 0 amide bonds. The molecule has 0 N–H and O–H groups in total. The van der Waals surface area contributed by atoms with Crippen molar-refractivity contribution in [1.82, 2.24) is 0 Å². The third kappa shape index (κ3) is 8.46. The molecule has 0 aliphatic heterocycles. The first-order valence-corrected chi connectivity index (χ1v) is 6.23. The molecule has 2 nitrogen and oxygen atoms in total. The Bertz CT molecular complexity index is 151. The van der Waals surface area contributed by atoms with Crippen molar-refractivity contribution in [2.45, 2.75) is 65.7 Å². The van der Waals surface area contributed by atoms with Gasteiger partial charge in [0, 0.05) is 0 Å². The summed E-state index contributed by atoms with van der Waals surface area (Å²) in [6.07, 6.45) is 7.12. The van der Waals surface area contributed by atoms with E-state index in [1.54, 1.807) is 0 Å². The lowest BCUT2D eigenvalue weighted by Gasteiger charge is -2.10. The second-order valence-electron chi connectivity index (χ2n) is 3.92. The van der Waals surface area contributed by atoms with Gasteiger partial charge in [-0.25, -0.2) is 0 Å². The van der Waals surface area contributed by atoms with E-state index >= 15 is 0 Å². The van der Waals surface area contributed by atoms with Crippen molar-refractivity contribution >= 4 is 5.97 Å². The van der Waals surface area contributed by atoms with Gasteiger partial charge in [-0.05, 0) is 25.2 Å². The zero-order valence-corrected chi connectivity index (χ0v) is 10.5. The van der Waals surface area contributed by atoms with Crippen LogP contribution in [0.3, 0.4) is 0 Å². The Kier molecular flexibility index (Phi) is 9.65. The molecule has 0 rings (SSSR count). The van der Waals surface area contributed by atoms with Gasteiger partial charge in [0.2, 0.25) is 0 Å². The number of carbonyl (C=O) groups is 1. The summed E-state index contributed by atoms with van der Waals surface area (Å²) in [5.41, 5.74) is 0. The van der Waals surface area contributed by atoms with Crippen LogP contribution in [-0.4, -0.2) is 12.6 Å². The van der Waals surface area contributed by atoms with Gasteiger partial charge < -0.3 is 4.74 Å². The highest BCUT2D eigenvalue weighted by Crippen LogP contribution is 2.15. The molecule has 0 spiro atoms. The fourth-order valence-electron chi connectivity index (χ4n) is 1.47. The first-order chi connectivity index (χ1) is 7.24. The number of hydrogen-bond acceptors (Lipinski definition) is 2. The van der Waals surface area contributed by atoms with Crippen molar-refractivity contribution in [2.24, 2.45) is 0 Å². The quantitative estimate of drug-likeness (QED) is 0.429. The minimum atomic E-state index is -0.0507. The van der Waals surface area contributed by atoms with E-state index in [4.69, 9.17) is 4.74 Å². The van der Waals surface area contributed by atoms with Crippen molar-refractivity contribution in [1.29, 1.82) is 0 Å². The first-order valence-electron chi connectivity index (χ1n) is 6.23. The maximum absolute atomic E-state index is 11.4. The predicted octanol–water partition coefficient (Wildman–Crippen LogP) is 3.89.